The molecule has 1 aliphatic rings. The number of carbonyl (C=O) groups excluding carboxylic acids is 1. The van der Waals surface area contributed by atoms with Crippen LogP contribution in [-0.2, 0) is 4.79 Å². The van der Waals surface area contributed by atoms with Crippen LogP contribution < -0.4 is 5.32 Å². The summed E-state index contributed by atoms with van der Waals surface area (Å²) in [6.45, 7) is 4.01. The van der Waals surface area contributed by atoms with Crippen LogP contribution in [-0.4, -0.2) is 40.6 Å². The predicted octanol–water partition coefficient (Wildman–Crippen LogP) is 6.10. The van der Waals surface area contributed by atoms with Crippen molar-refractivity contribution in [2.75, 3.05) is 5.32 Å². The average molecular weight is 517 g/mol. The number of hydrogen-bond donors (Lipinski definition) is 3. The minimum absolute atomic E-state index is 0.121. The van der Waals surface area contributed by atoms with E-state index in [1.165, 1.54) is 0 Å². The van der Waals surface area contributed by atoms with Crippen molar-refractivity contribution in [3.05, 3.63) is 72.6 Å². The van der Waals surface area contributed by atoms with Crippen LogP contribution >= 0.6 is 0 Å². The second-order valence-electron chi connectivity index (χ2n) is 10.5. The second kappa shape index (κ2) is 9.20. The molecule has 0 aliphatic heterocycles. The molecule has 194 valence electrons. The maximum Gasteiger partial charge on any atom is 0.227 e. The third kappa shape index (κ3) is 4.25. The van der Waals surface area contributed by atoms with Crippen LogP contribution in [0.2, 0.25) is 0 Å². The zero-order chi connectivity index (χ0) is 26.5. The maximum absolute atomic E-state index is 12.8. The van der Waals surface area contributed by atoms with Crippen LogP contribution in [0.15, 0.2) is 61.3 Å². The Hall–Kier alpha value is -4.79. The van der Waals surface area contributed by atoms with Gasteiger partial charge in [-0.2, -0.15) is 5.10 Å². The summed E-state index contributed by atoms with van der Waals surface area (Å²) in [4.78, 5) is 29.8. The zero-order valence-electron chi connectivity index (χ0n) is 21.8. The first-order valence-corrected chi connectivity index (χ1v) is 13.3. The van der Waals surface area contributed by atoms with E-state index in [0.29, 0.717) is 5.82 Å². The Morgan fingerprint density at radius 1 is 1.03 bits per heavy atom. The standard InChI is InChI=1S/C30H28N8O/c1-17-9-21(11-22(10-17)33-30(39)19-5-3-4-6-19)20-7-8-24-23(12-20)27(37-36-24)29-34-25-13-31-14-26(28(25)35-29)38-15-18(2)32-16-38/h7-16,19H,3-6H2,1-2H3,(H,33,39)(H,34,35)(H,36,37). The molecule has 1 saturated carbocycles. The van der Waals surface area contributed by atoms with Gasteiger partial charge in [-0.05, 0) is 67.6 Å². The van der Waals surface area contributed by atoms with E-state index in [2.05, 4.69) is 55.6 Å². The molecule has 0 radical (unpaired) electrons. The Kier molecular flexibility index (Phi) is 5.50. The topological polar surface area (TPSA) is 117 Å². The van der Waals surface area contributed by atoms with Crippen molar-refractivity contribution in [2.45, 2.75) is 39.5 Å². The smallest absolute Gasteiger partial charge is 0.227 e. The number of benzene rings is 2. The van der Waals surface area contributed by atoms with E-state index in [1.54, 1.807) is 18.7 Å². The SMILES string of the molecule is Cc1cc(NC(=O)C2CCCC2)cc(-c2ccc3[nH]nc(-c4nc5c(-n6cnc(C)c6)cncc5[nH]4)c3c2)c1. The highest BCUT2D eigenvalue weighted by molar-refractivity contribution is 5.97. The van der Waals surface area contributed by atoms with E-state index in [9.17, 15) is 4.79 Å². The van der Waals surface area contributed by atoms with Crippen molar-refractivity contribution >= 4 is 33.5 Å². The van der Waals surface area contributed by atoms with E-state index in [0.717, 1.165) is 87.1 Å². The number of anilines is 1. The Balaban J connectivity index is 1.26. The monoisotopic (exact) mass is 516 g/mol. The number of aromatic nitrogens is 7. The van der Waals surface area contributed by atoms with Gasteiger partial charge in [0.25, 0.3) is 0 Å². The molecule has 39 heavy (non-hydrogen) atoms. The van der Waals surface area contributed by atoms with E-state index < -0.39 is 0 Å². The largest absolute Gasteiger partial charge is 0.335 e. The maximum atomic E-state index is 12.8. The van der Waals surface area contributed by atoms with Gasteiger partial charge in [0, 0.05) is 23.2 Å². The fourth-order valence-electron chi connectivity index (χ4n) is 5.60. The number of pyridine rings is 1. The number of amides is 1. The molecule has 0 saturated heterocycles. The molecular formula is C30H28N8O. The normalized spacial score (nSPS) is 14.0. The molecule has 7 rings (SSSR count). The number of hydrogen-bond acceptors (Lipinski definition) is 5. The quantitative estimate of drug-likeness (QED) is 0.256. The molecule has 4 heterocycles. The minimum Gasteiger partial charge on any atom is -0.335 e. The number of fused-ring (bicyclic) bond motifs is 2. The molecule has 0 bridgehead atoms. The van der Waals surface area contributed by atoms with Gasteiger partial charge in [0.1, 0.15) is 11.2 Å². The number of carbonyl (C=O) groups is 1. The van der Waals surface area contributed by atoms with Crippen molar-refractivity contribution in [1.82, 2.24) is 34.7 Å². The number of nitrogens with one attached hydrogen (secondary N) is 3. The Morgan fingerprint density at radius 3 is 2.72 bits per heavy atom. The highest BCUT2D eigenvalue weighted by Gasteiger charge is 2.23. The molecule has 3 N–H and O–H groups in total. The lowest BCUT2D eigenvalue weighted by Gasteiger charge is -2.13. The highest BCUT2D eigenvalue weighted by atomic mass is 16.1. The van der Waals surface area contributed by atoms with Gasteiger partial charge in [0.15, 0.2) is 5.82 Å². The molecule has 6 aromatic rings. The summed E-state index contributed by atoms with van der Waals surface area (Å²) in [5.74, 6) is 0.908. The van der Waals surface area contributed by atoms with Crippen molar-refractivity contribution in [2.24, 2.45) is 5.92 Å². The van der Waals surface area contributed by atoms with Crippen LogP contribution in [0, 0.1) is 19.8 Å². The summed E-state index contributed by atoms with van der Waals surface area (Å²) in [5, 5.41) is 11.9. The van der Waals surface area contributed by atoms with E-state index in [4.69, 9.17) is 4.98 Å². The van der Waals surface area contributed by atoms with Crippen molar-refractivity contribution in [1.29, 1.82) is 0 Å². The molecular weight excluding hydrogens is 488 g/mol. The lowest BCUT2D eigenvalue weighted by molar-refractivity contribution is -0.119. The number of imidazole rings is 2. The first-order valence-electron chi connectivity index (χ1n) is 13.3. The highest BCUT2D eigenvalue weighted by Crippen LogP contribution is 2.33. The molecule has 0 atom stereocenters. The third-order valence-corrected chi connectivity index (χ3v) is 7.56. The molecule has 9 heteroatoms. The summed E-state index contributed by atoms with van der Waals surface area (Å²) in [6, 6.07) is 12.4. The van der Waals surface area contributed by atoms with Crippen molar-refractivity contribution in [3.8, 4) is 28.3 Å². The van der Waals surface area contributed by atoms with E-state index >= 15 is 0 Å². The first-order chi connectivity index (χ1) is 19.0. The molecule has 4 aromatic heterocycles. The number of rotatable bonds is 5. The number of aromatic amines is 2. The zero-order valence-corrected chi connectivity index (χ0v) is 21.8. The summed E-state index contributed by atoms with van der Waals surface area (Å²) in [6.07, 6.45) is 11.5. The summed E-state index contributed by atoms with van der Waals surface area (Å²) < 4.78 is 1.93. The Morgan fingerprint density at radius 2 is 1.90 bits per heavy atom. The number of H-pyrrole nitrogens is 2. The van der Waals surface area contributed by atoms with Crippen LogP contribution in [0.1, 0.15) is 36.9 Å². The van der Waals surface area contributed by atoms with E-state index in [-0.39, 0.29) is 11.8 Å². The van der Waals surface area contributed by atoms with Crippen molar-refractivity contribution < 1.29 is 4.79 Å². The third-order valence-electron chi connectivity index (χ3n) is 7.56. The summed E-state index contributed by atoms with van der Waals surface area (Å²) in [7, 11) is 0. The molecule has 9 nitrogen and oxygen atoms in total. The Labute approximate surface area is 224 Å². The molecule has 0 unspecified atom stereocenters. The van der Waals surface area contributed by atoms with Gasteiger partial charge in [0.2, 0.25) is 5.91 Å². The molecule has 2 aromatic carbocycles. The minimum atomic E-state index is 0.121. The number of nitrogens with zero attached hydrogens (tertiary/aromatic N) is 5. The van der Waals surface area contributed by atoms with E-state index in [1.807, 2.05) is 35.9 Å². The molecule has 1 amide bonds. The van der Waals surface area contributed by atoms with Gasteiger partial charge in [-0.25, -0.2) is 9.97 Å². The fraction of sp³-hybridized carbons (Fsp3) is 0.233. The molecule has 0 spiro atoms. The lowest BCUT2D eigenvalue weighted by atomic mass is 10.00. The first kappa shape index (κ1) is 23.3. The van der Waals surface area contributed by atoms with Crippen LogP contribution in [0.3, 0.4) is 0 Å². The fourth-order valence-corrected chi connectivity index (χ4v) is 5.60. The van der Waals surface area contributed by atoms with Crippen molar-refractivity contribution in [3.63, 3.8) is 0 Å². The summed E-state index contributed by atoms with van der Waals surface area (Å²) in [5.41, 5.74) is 9.05. The second-order valence-corrected chi connectivity index (χ2v) is 10.5. The summed E-state index contributed by atoms with van der Waals surface area (Å²) >= 11 is 0. The lowest BCUT2D eigenvalue weighted by Crippen LogP contribution is -2.20. The Bertz CT molecular complexity index is 1850. The van der Waals surface area contributed by atoms with Gasteiger partial charge < -0.3 is 14.9 Å². The van der Waals surface area contributed by atoms with Gasteiger partial charge >= 0.3 is 0 Å². The number of aryl methyl sites for hydroxylation is 2. The predicted molar refractivity (Wildman–Crippen MR) is 152 cm³/mol. The van der Waals surface area contributed by atoms with Crippen LogP contribution in [0.25, 0.3) is 50.3 Å². The molecule has 1 aliphatic carbocycles. The van der Waals surface area contributed by atoms with Gasteiger partial charge in [-0.3, -0.25) is 14.9 Å². The van der Waals surface area contributed by atoms with Gasteiger partial charge in [-0.15, -0.1) is 0 Å². The molecule has 1 fully saturated rings. The average Bonchev–Trinajstić information content (AvgIpc) is 3.73. The van der Waals surface area contributed by atoms with Crippen LogP contribution in [0.5, 0.6) is 0 Å². The van der Waals surface area contributed by atoms with Gasteiger partial charge in [0.05, 0.1) is 41.1 Å². The van der Waals surface area contributed by atoms with Crippen LogP contribution in [0.4, 0.5) is 5.69 Å². The van der Waals surface area contributed by atoms with Gasteiger partial charge in [-0.1, -0.05) is 25.0 Å².